The SMILES string of the molecule is Cc1ccc(Cl)c(S(=O)(=O)n2ccc(CC(=O)c3ccccn3)c2)c1. The lowest BCUT2D eigenvalue weighted by Crippen LogP contribution is -2.12. The summed E-state index contributed by atoms with van der Waals surface area (Å²) in [6.45, 7) is 1.79. The molecule has 0 unspecified atom stereocenters. The number of benzene rings is 1. The summed E-state index contributed by atoms with van der Waals surface area (Å²) in [6, 6.07) is 11.5. The van der Waals surface area contributed by atoms with E-state index >= 15 is 0 Å². The van der Waals surface area contributed by atoms with Crippen molar-refractivity contribution >= 4 is 27.4 Å². The van der Waals surface area contributed by atoms with E-state index in [4.69, 9.17) is 11.6 Å². The molecule has 3 aromatic rings. The van der Waals surface area contributed by atoms with Gasteiger partial charge in [0.25, 0.3) is 10.0 Å². The van der Waals surface area contributed by atoms with E-state index in [1.807, 2.05) is 0 Å². The third-order valence-electron chi connectivity index (χ3n) is 3.69. The molecular weight excluding hydrogens is 360 g/mol. The second-order valence-electron chi connectivity index (χ2n) is 5.60. The number of carbonyl (C=O) groups excluding carboxylic acids is 1. The Balaban J connectivity index is 1.88. The molecular formula is C18H15ClN2O3S. The van der Waals surface area contributed by atoms with Crippen LogP contribution >= 0.6 is 11.6 Å². The first-order valence-electron chi connectivity index (χ1n) is 7.51. The van der Waals surface area contributed by atoms with Crippen LogP contribution in [0.3, 0.4) is 0 Å². The summed E-state index contributed by atoms with van der Waals surface area (Å²) < 4.78 is 26.6. The summed E-state index contributed by atoms with van der Waals surface area (Å²) >= 11 is 6.05. The number of rotatable bonds is 5. The number of carbonyl (C=O) groups is 1. The predicted molar refractivity (Wildman–Crippen MR) is 95.5 cm³/mol. The van der Waals surface area contributed by atoms with Crippen LogP contribution in [0, 0.1) is 6.92 Å². The van der Waals surface area contributed by atoms with E-state index in [0.717, 1.165) is 9.54 Å². The van der Waals surface area contributed by atoms with Crippen molar-refractivity contribution in [3.63, 3.8) is 0 Å². The van der Waals surface area contributed by atoms with Crippen LogP contribution in [-0.4, -0.2) is 23.2 Å². The average Bonchev–Trinajstić information content (AvgIpc) is 3.07. The fourth-order valence-corrected chi connectivity index (χ4v) is 4.18. The second kappa shape index (κ2) is 6.82. The summed E-state index contributed by atoms with van der Waals surface area (Å²) in [5.41, 5.74) is 1.73. The molecule has 0 aliphatic carbocycles. The summed E-state index contributed by atoms with van der Waals surface area (Å²) in [5.74, 6) is -0.177. The van der Waals surface area contributed by atoms with Gasteiger partial charge in [0.15, 0.2) is 5.78 Å². The van der Waals surface area contributed by atoms with Gasteiger partial charge in [0, 0.05) is 25.0 Å². The van der Waals surface area contributed by atoms with E-state index < -0.39 is 10.0 Å². The van der Waals surface area contributed by atoms with Gasteiger partial charge in [-0.2, -0.15) is 0 Å². The summed E-state index contributed by atoms with van der Waals surface area (Å²) in [6.07, 6.45) is 4.45. The highest BCUT2D eigenvalue weighted by molar-refractivity contribution is 7.90. The van der Waals surface area contributed by atoms with Gasteiger partial charge < -0.3 is 0 Å². The van der Waals surface area contributed by atoms with Crippen molar-refractivity contribution in [2.75, 3.05) is 0 Å². The van der Waals surface area contributed by atoms with Crippen molar-refractivity contribution in [1.29, 1.82) is 0 Å². The molecule has 1 aromatic carbocycles. The van der Waals surface area contributed by atoms with Crippen LogP contribution in [-0.2, 0) is 16.4 Å². The fourth-order valence-electron chi connectivity index (χ4n) is 2.40. The molecule has 0 aliphatic heterocycles. The zero-order chi connectivity index (χ0) is 18.0. The maximum atomic E-state index is 12.8. The van der Waals surface area contributed by atoms with E-state index in [2.05, 4.69) is 4.98 Å². The van der Waals surface area contributed by atoms with Gasteiger partial charge in [-0.05, 0) is 48.4 Å². The molecule has 0 atom stereocenters. The molecule has 0 saturated heterocycles. The van der Waals surface area contributed by atoms with Crippen LogP contribution in [0.4, 0.5) is 0 Å². The first-order valence-corrected chi connectivity index (χ1v) is 9.32. The van der Waals surface area contributed by atoms with E-state index in [1.165, 1.54) is 18.5 Å². The Kier molecular flexibility index (Phi) is 4.74. The van der Waals surface area contributed by atoms with Gasteiger partial charge in [0.05, 0.1) is 5.02 Å². The molecule has 0 N–H and O–H groups in total. The van der Waals surface area contributed by atoms with Gasteiger partial charge >= 0.3 is 0 Å². The Morgan fingerprint density at radius 3 is 2.72 bits per heavy atom. The van der Waals surface area contributed by atoms with Gasteiger partial charge in [-0.1, -0.05) is 23.7 Å². The second-order valence-corrected chi connectivity index (χ2v) is 7.82. The first kappa shape index (κ1) is 17.4. The van der Waals surface area contributed by atoms with Crippen LogP contribution < -0.4 is 0 Å². The van der Waals surface area contributed by atoms with Gasteiger partial charge in [0.1, 0.15) is 10.6 Å². The number of ketones is 1. The molecule has 2 heterocycles. The lowest BCUT2D eigenvalue weighted by atomic mass is 10.1. The third-order valence-corrected chi connectivity index (χ3v) is 5.80. The van der Waals surface area contributed by atoms with Crippen molar-refractivity contribution in [3.05, 3.63) is 82.9 Å². The molecule has 0 amide bonds. The van der Waals surface area contributed by atoms with Crippen LogP contribution in [0.1, 0.15) is 21.6 Å². The number of halogens is 1. The maximum absolute atomic E-state index is 12.8. The highest BCUT2D eigenvalue weighted by Crippen LogP contribution is 2.25. The molecule has 2 aromatic heterocycles. The minimum atomic E-state index is -3.81. The molecule has 0 radical (unpaired) electrons. The molecule has 3 rings (SSSR count). The molecule has 5 nitrogen and oxygen atoms in total. The van der Waals surface area contributed by atoms with Gasteiger partial charge in [-0.15, -0.1) is 0 Å². The minimum absolute atomic E-state index is 0.0346. The first-order chi connectivity index (χ1) is 11.9. The van der Waals surface area contributed by atoms with Crippen molar-refractivity contribution in [2.24, 2.45) is 0 Å². The van der Waals surface area contributed by atoms with Gasteiger partial charge in [-0.3, -0.25) is 9.78 Å². The highest BCUT2D eigenvalue weighted by Gasteiger charge is 2.21. The van der Waals surface area contributed by atoms with E-state index in [-0.39, 0.29) is 22.1 Å². The summed E-state index contributed by atoms with van der Waals surface area (Å²) in [7, 11) is -3.81. The number of hydrogen-bond donors (Lipinski definition) is 0. The Morgan fingerprint density at radius 1 is 1.20 bits per heavy atom. The molecule has 0 fully saturated rings. The molecule has 0 bridgehead atoms. The lowest BCUT2D eigenvalue weighted by Gasteiger charge is -2.08. The smallest absolute Gasteiger partial charge is 0.269 e. The number of nitrogens with zero attached hydrogens (tertiary/aromatic N) is 2. The number of pyridine rings is 1. The van der Waals surface area contributed by atoms with Crippen molar-refractivity contribution in [3.8, 4) is 0 Å². The zero-order valence-corrected chi connectivity index (χ0v) is 15.0. The number of aromatic nitrogens is 2. The Labute approximate surface area is 151 Å². The largest absolute Gasteiger partial charge is 0.292 e. The standard InChI is InChI=1S/C18H15ClN2O3S/c1-13-5-6-15(19)18(10-13)25(23,24)21-9-7-14(12-21)11-17(22)16-4-2-3-8-20-16/h2-10,12H,11H2,1H3. The topological polar surface area (TPSA) is 69.0 Å². The molecule has 25 heavy (non-hydrogen) atoms. The highest BCUT2D eigenvalue weighted by atomic mass is 35.5. The van der Waals surface area contributed by atoms with Crippen LogP contribution in [0.25, 0.3) is 0 Å². The van der Waals surface area contributed by atoms with E-state index in [0.29, 0.717) is 11.3 Å². The van der Waals surface area contributed by atoms with Crippen molar-refractivity contribution < 1.29 is 13.2 Å². The van der Waals surface area contributed by atoms with Crippen molar-refractivity contribution in [2.45, 2.75) is 18.2 Å². The zero-order valence-electron chi connectivity index (χ0n) is 13.4. The fraction of sp³-hybridized carbons (Fsp3) is 0.111. The molecule has 0 saturated carbocycles. The van der Waals surface area contributed by atoms with Crippen LogP contribution in [0.5, 0.6) is 0 Å². The van der Waals surface area contributed by atoms with Gasteiger partial charge in [0.2, 0.25) is 0 Å². The number of aryl methyl sites for hydroxylation is 1. The molecule has 0 spiro atoms. The molecule has 7 heteroatoms. The molecule has 128 valence electrons. The minimum Gasteiger partial charge on any atom is -0.292 e. The van der Waals surface area contributed by atoms with Crippen LogP contribution in [0.2, 0.25) is 5.02 Å². The Bertz CT molecular complexity index is 1030. The number of Topliss-reactive ketones (excluding diaryl/α,β-unsaturated/α-hetero) is 1. The molecule has 0 aliphatic rings. The van der Waals surface area contributed by atoms with E-state index in [1.54, 1.807) is 49.5 Å². The lowest BCUT2D eigenvalue weighted by molar-refractivity contribution is 0.0988. The maximum Gasteiger partial charge on any atom is 0.269 e. The monoisotopic (exact) mass is 374 g/mol. The normalized spacial score (nSPS) is 11.4. The Morgan fingerprint density at radius 2 is 2.00 bits per heavy atom. The average molecular weight is 375 g/mol. The van der Waals surface area contributed by atoms with Gasteiger partial charge in [-0.25, -0.2) is 12.4 Å². The van der Waals surface area contributed by atoms with E-state index in [9.17, 15) is 13.2 Å². The Hall–Kier alpha value is -2.44. The predicted octanol–water partition coefficient (Wildman–Crippen LogP) is 3.51. The quantitative estimate of drug-likeness (QED) is 0.641. The van der Waals surface area contributed by atoms with Crippen LogP contribution in [0.15, 0.2) is 66.0 Å². The number of hydrogen-bond acceptors (Lipinski definition) is 4. The summed E-state index contributed by atoms with van der Waals surface area (Å²) in [4.78, 5) is 16.2. The summed E-state index contributed by atoms with van der Waals surface area (Å²) in [5, 5.41) is 0.158. The third kappa shape index (κ3) is 3.65. The van der Waals surface area contributed by atoms with Crippen molar-refractivity contribution in [1.82, 2.24) is 8.96 Å².